The lowest BCUT2D eigenvalue weighted by molar-refractivity contribution is -0.129. The lowest BCUT2D eigenvalue weighted by atomic mass is 9.93. The van der Waals surface area contributed by atoms with Gasteiger partial charge in [0.2, 0.25) is 11.8 Å². The second-order valence-corrected chi connectivity index (χ2v) is 8.48. The number of amides is 3. The Hall–Kier alpha value is -1.79. The summed E-state index contributed by atoms with van der Waals surface area (Å²) >= 11 is 0. The highest BCUT2D eigenvalue weighted by Crippen LogP contribution is 2.22. The van der Waals surface area contributed by atoms with Gasteiger partial charge in [-0.25, -0.2) is 4.79 Å². The van der Waals surface area contributed by atoms with Crippen LogP contribution in [0, 0.1) is 11.8 Å². The van der Waals surface area contributed by atoms with E-state index in [0.29, 0.717) is 31.8 Å². The number of ether oxygens (including phenoxy) is 1. The number of likely N-dealkylation sites (tertiary alicyclic amines) is 1. The summed E-state index contributed by atoms with van der Waals surface area (Å²) in [6.07, 6.45) is 2.23. The molecule has 0 aromatic rings. The number of nitrogens with zero attached hydrogens (tertiary/aromatic N) is 1. The van der Waals surface area contributed by atoms with E-state index >= 15 is 0 Å². The van der Waals surface area contributed by atoms with E-state index in [9.17, 15) is 14.4 Å². The van der Waals surface area contributed by atoms with Crippen LogP contribution in [0.1, 0.15) is 60.3 Å². The van der Waals surface area contributed by atoms with Crippen LogP contribution in [0.4, 0.5) is 4.79 Å². The standard InChI is InChI=1S/C19H35N3O4/c1-13(2)11-15(17(24)20-6)21-16(23)12-14-7-9-22(10-8-14)18(25)26-19(3,4)5/h13-15H,7-12H2,1-6H3,(H,20,24)(H,21,23). The van der Waals surface area contributed by atoms with Gasteiger partial charge in [-0.1, -0.05) is 13.8 Å². The van der Waals surface area contributed by atoms with E-state index in [4.69, 9.17) is 4.74 Å². The van der Waals surface area contributed by atoms with E-state index in [0.717, 1.165) is 12.8 Å². The topological polar surface area (TPSA) is 87.7 Å². The Morgan fingerprint density at radius 1 is 1.15 bits per heavy atom. The highest BCUT2D eigenvalue weighted by molar-refractivity contribution is 5.87. The second-order valence-electron chi connectivity index (χ2n) is 8.48. The van der Waals surface area contributed by atoms with Crippen molar-refractivity contribution in [2.24, 2.45) is 11.8 Å². The van der Waals surface area contributed by atoms with Gasteiger partial charge >= 0.3 is 6.09 Å². The molecular weight excluding hydrogens is 334 g/mol. The number of rotatable bonds is 6. The summed E-state index contributed by atoms with van der Waals surface area (Å²) in [6.45, 7) is 10.8. The van der Waals surface area contributed by atoms with Gasteiger partial charge in [0, 0.05) is 26.6 Å². The van der Waals surface area contributed by atoms with Crippen LogP contribution in [0.3, 0.4) is 0 Å². The molecule has 1 heterocycles. The molecule has 0 radical (unpaired) electrons. The van der Waals surface area contributed by atoms with Crippen LogP contribution in [0.2, 0.25) is 0 Å². The van der Waals surface area contributed by atoms with E-state index in [1.807, 2.05) is 34.6 Å². The minimum Gasteiger partial charge on any atom is -0.444 e. The number of piperidine rings is 1. The fraction of sp³-hybridized carbons (Fsp3) is 0.842. The molecule has 1 unspecified atom stereocenters. The van der Waals surface area contributed by atoms with Gasteiger partial charge in [0.05, 0.1) is 0 Å². The van der Waals surface area contributed by atoms with Crippen molar-refractivity contribution in [2.75, 3.05) is 20.1 Å². The van der Waals surface area contributed by atoms with Crippen molar-refractivity contribution in [1.29, 1.82) is 0 Å². The van der Waals surface area contributed by atoms with Crippen LogP contribution in [-0.2, 0) is 14.3 Å². The SMILES string of the molecule is CNC(=O)C(CC(C)C)NC(=O)CC1CCN(C(=O)OC(C)(C)C)CC1. The van der Waals surface area contributed by atoms with Crippen LogP contribution < -0.4 is 10.6 Å². The number of nitrogens with one attached hydrogen (secondary N) is 2. The van der Waals surface area contributed by atoms with Gasteiger partial charge in [-0.2, -0.15) is 0 Å². The molecular formula is C19H35N3O4. The Kier molecular flexibility index (Phi) is 8.37. The molecule has 0 aliphatic carbocycles. The summed E-state index contributed by atoms with van der Waals surface area (Å²) in [7, 11) is 1.58. The molecule has 7 heteroatoms. The van der Waals surface area contributed by atoms with Crippen LogP contribution in [0.5, 0.6) is 0 Å². The maximum absolute atomic E-state index is 12.3. The first-order valence-electron chi connectivity index (χ1n) is 9.50. The van der Waals surface area contributed by atoms with Crippen molar-refractivity contribution < 1.29 is 19.1 Å². The van der Waals surface area contributed by atoms with Crippen LogP contribution in [0.25, 0.3) is 0 Å². The fourth-order valence-electron chi connectivity index (χ4n) is 3.04. The van der Waals surface area contributed by atoms with Crippen molar-refractivity contribution in [3.63, 3.8) is 0 Å². The first kappa shape index (κ1) is 22.3. The Labute approximate surface area is 157 Å². The molecule has 1 saturated heterocycles. The molecule has 26 heavy (non-hydrogen) atoms. The molecule has 3 amide bonds. The zero-order valence-electron chi connectivity index (χ0n) is 17.1. The van der Waals surface area contributed by atoms with Crippen molar-refractivity contribution in [3.05, 3.63) is 0 Å². The van der Waals surface area contributed by atoms with E-state index in [2.05, 4.69) is 10.6 Å². The van der Waals surface area contributed by atoms with Crippen LogP contribution >= 0.6 is 0 Å². The highest BCUT2D eigenvalue weighted by Gasteiger charge is 2.29. The number of hydrogen-bond acceptors (Lipinski definition) is 4. The number of hydrogen-bond donors (Lipinski definition) is 2. The molecule has 1 aliphatic rings. The first-order valence-corrected chi connectivity index (χ1v) is 9.50. The van der Waals surface area contributed by atoms with Crippen LogP contribution in [-0.4, -0.2) is 54.6 Å². The summed E-state index contributed by atoms with van der Waals surface area (Å²) in [4.78, 5) is 38.0. The quantitative estimate of drug-likeness (QED) is 0.752. The lowest BCUT2D eigenvalue weighted by Gasteiger charge is -2.33. The van der Waals surface area contributed by atoms with Gasteiger partial charge in [0.1, 0.15) is 11.6 Å². The molecule has 0 bridgehead atoms. The molecule has 0 aromatic heterocycles. The molecule has 0 saturated carbocycles. The fourth-order valence-corrected chi connectivity index (χ4v) is 3.04. The zero-order valence-corrected chi connectivity index (χ0v) is 17.1. The van der Waals surface area contributed by atoms with Gasteiger partial charge in [-0.3, -0.25) is 9.59 Å². The van der Waals surface area contributed by atoms with E-state index < -0.39 is 11.6 Å². The van der Waals surface area contributed by atoms with E-state index in [-0.39, 0.29) is 23.8 Å². The largest absolute Gasteiger partial charge is 0.444 e. The number of carbonyl (C=O) groups excluding carboxylic acids is 3. The Morgan fingerprint density at radius 3 is 2.19 bits per heavy atom. The van der Waals surface area contributed by atoms with Crippen molar-refractivity contribution in [3.8, 4) is 0 Å². The average molecular weight is 370 g/mol. The van der Waals surface area contributed by atoms with Crippen molar-refractivity contribution in [2.45, 2.75) is 71.9 Å². The molecule has 1 fully saturated rings. The van der Waals surface area contributed by atoms with Crippen molar-refractivity contribution >= 4 is 17.9 Å². The Balaban J connectivity index is 2.45. The number of carbonyl (C=O) groups is 3. The zero-order chi connectivity index (χ0) is 19.9. The normalized spacial score (nSPS) is 17.0. The van der Waals surface area contributed by atoms with Crippen LogP contribution in [0.15, 0.2) is 0 Å². The first-order chi connectivity index (χ1) is 12.0. The molecule has 150 valence electrons. The maximum Gasteiger partial charge on any atom is 0.410 e. The summed E-state index contributed by atoms with van der Waals surface area (Å²) in [5, 5.41) is 5.46. The number of likely N-dealkylation sites (N-methyl/N-ethyl adjacent to an activating group) is 1. The van der Waals surface area contributed by atoms with Gasteiger partial charge in [0.25, 0.3) is 0 Å². The lowest BCUT2D eigenvalue weighted by Crippen LogP contribution is -2.47. The highest BCUT2D eigenvalue weighted by atomic mass is 16.6. The van der Waals surface area contributed by atoms with Gasteiger partial charge in [-0.05, 0) is 51.9 Å². The maximum atomic E-state index is 12.3. The predicted octanol–water partition coefficient (Wildman–Crippen LogP) is 2.30. The molecule has 1 rings (SSSR count). The average Bonchev–Trinajstić information content (AvgIpc) is 2.52. The monoisotopic (exact) mass is 369 g/mol. The third-order valence-corrected chi connectivity index (χ3v) is 4.35. The predicted molar refractivity (Wildman–Crippen MR) is 101 cm³/mol. The molecule has 2 N–H and O–H groups in total. The molecule has 0 spiro atoms. The smallest absolute Gasteiger partial charge is 0.410 e. The molecule has 1 atom stereocenters. The Morgan fingerprint density at radius 2 is 1.73 bits per heavy atom. The molecule has 7 nitrogen and oxygen atoms in total. The summed E-state index contributed by atoms with van der Waals surface area (Å²) < 4.78 is 5.39. The third kappa shape index (κ3) is 8.06. The minimum atomic E-state index is -0.501. The third-order valence-electron chi connectivity index (χ3n) is 4.35. The second kappa shape index (κ2) is 9.78. The summed E-state index contributed by atoms with van der Waals surface area (Å²) in [6, 6.07) is -0.491. The van der Waals surface area contributed by atoms with Gasteiger partial charge in [-0.15, -0.1) is 0 Å². The molecule has 1 aliphatic heterocycles. The van der Waals surface area contributed by atoms with Gasteiger partial charge < -0.3 is 20.3 Å². The van der Waals surface area contributed by atoms with Crippen molar-refractivity contribution in [1.82, 2.24) is 15.5 Å². The van der Waals surface area contributed by atoms with Gasteiger partial charge in [0.15, 0.2) is 0 Å². The van der Waals surface area contributed by atoms with E-state index in [1.165, 1.54) is 0 Å². The van der Waals surface area contributed by atoms with E-state index in [1.54, 1.807) is 11.9 Å². The Bertz CT molecular complexity index is 492. The molecule has 0 aromatic carbocycles. The summed E-state index contributed by atoms with van der Waals surface area (Å²) in [5.41, 5.74) is -0.501. The minimum absolute atomic E-state index is 0.102. The summed E-state index contributed by atoms with van der Waals surface area (Å²) in [5.74, 6) is 0.273.